The lowest BCUT2D eigenvalue weighted by Crippen LogP contribution is -2.07. The van der Waals surface area contributed by atoms with E-state index in [0.717, 1.165) is 34.5 Å². The molecule has 11 nitrogen and oxygen atoms in total. The van der Waals surface area contributed by atoms with Gasteiger partial charge in [0.15, 0.2) is 5.82 Å². The average Bonchev–Trinajstić information content (AvgIpc) is 2.91. The predicted molar refractivity (Wildman–Crippen MR) is 140 cm³/mol. The van der Waals surface area contributed by atoms with Gasteiger partial charge in [-0.25, -0.2) is 14.5 Å². The smallest absolute Gasteiger partial charge is 0.364 e. The maximum atomic E-state index is 12.4. The van der Waals surface area contributed by atoms with Crippen LogP contribution in [0.25, 0.3) is 33.4 Å². The van der Waals surface area contributed by atoms with Gasteiger partial charge in [-0.05, 0) is 35.4 Å². The molecule has 0 radical (unpaired) electrons. The first kappa shape index (κ1) is 25.6. The van der Waals surface area contributed by atoms with E-state index in [-0.39, 0.29) is 11.4 Å². The number of fused-ring (bicyclic) bond motifs is 1. The number of anilines is 1. The molecule has 5 rings (SSSR count). The fourth-order valence-electron chi connectivity index (χ4n) is 3.82. The summed E-state index contributed by atoms with van der Waals surface area (Å²) in [6.07, 6.45) is 3.96. The summed E-state index contributed by atoms with van der Waals surface area (Å²) in [5, 5.41) is 4.07. The molecule has 0 amide bonds. The highest BCUT2D eigenvalue weighted by Crippen LogP contribution is 2.40. The number of phosphoric acid groups is 1. The summed E-state index contributed by atoms with van der Waals surface area (Å²) in [6.45, 7) is 0.359. The van der Waals surface area contributed by atoms with E-state index in [0.29, 0.717) is 17.9 Å². The van der Waals surface area contributed by atoms with Crippen molar-refractivity contribution in [3.63, 3.8) is 0 Å². The van der Waals surface area contributed by atoms with Gasteiger partial charge in [0.05, 0.1) is 23.1 Å². The number of hydrogen-bond acceptors (Lipinski definition) is 9. The number of aromatic nitrogens is 4. The normalized spacial score (nSPS) is 11.9. The van der Waals surface area contributed by atoms with Gasteiger partial charge in [0.2, 0.25) is 0 Å². The van der Waals surface area contributed by atoms with Crippen LogP contribution in [0.5, 0.6) is 0 Å². The van der Waals surface area contributed by atoms with Gasteiger partial charge in [0.1, 0.15) is 10.7 Å². The molecular weight excluding hydrogens is 529 g/mol. The van der Waals surface area contributed by atoms with E-state index in [1.807, 2.05) is 66.7 Å². The fraction of sp³-hybridized carbons (Fsp3) is 0.0400. The molecule has 13 heteroatoms. The molecule has 5 aromatic rings. The third-order valence-corrected chi connectivity index (χ3v) is 7.79. The summed E-state index contributed by atoms with van der Waals surface area (Å²) in [5.74, 6) is 0.627. The van der Waals surface area contributed by atoms with Crippen molar-refractivity contribution in [2.24, 2.45) is 0 Å². The highest BCUT2D eigenvalue weighted by molar-refractivity contribution is 7.90. The summed E-state index contributed by atoms with van der Waals surface area (Å²) in [4.78, 5) is 35.0. The van der Waals surface area contributed by atoms with E-state index in [1.165, 1.54) is 6.20 Å². The fourth-order valence-corrected chi connectivity index (χ4v) is 5.65. The Morgan fingerprint density at radius 3 is 2.42 bits per heavy atom. The van der Waals surface area contributed by atoms with Crippen LogP contribution >= 0.6 is 7.82 Å². The molecule has 3 aromatic heterocycles. The minimum absolute atomic E-state index is 0.145. The summed E-state index contributed by atoms with van der Waals surface area (Å²) in [6, 6.07) is 22.1. The zero-order chi connectivity index (χ0) is 26.8. The molecule has 0 atom stereocenters. The van der Waals surface area contributed by atoms with E-state index < -0.39 is 22.8 Å². The van der Waals surface area contributed by atoms with Gasteiger partial charge >= 0.3 is 17.9 Å². The predicted octanol–water partition coefficient (Wildman–Crippen LogP) is 4.16. The number of nitrogens with zero attached hydrogens (tertiary/aromatic N) is 4. The average molecular weight is 550 g/mol. The number of nitrogens with one attached hydrogen (secondary N) is 1. The van der Waals surface area contributed by atoms with Crippen molar-refractivity contribution in [2.75, 3.05) is 5.32 Å². The van der Waals surface area contributed by atoms with Gasteiger partial charge in [-0.2, -0.15) is 12.4 Å². The van der Waals surface area contributed by atoms with Crippen LogP contribution in [-0.2, 0) is 25.2 Å². The zero-order valence-corrected chi connectivity index (χ0v) is 21.3. The highest BCUT2D eigenvalue weighted by atomic mass is 32.2. The zero-order valence-electron chi connectivity index (χ0n) is 19.5. The number of benzene rings is 2. The van der Waals surface area contributed by atoms with Crippen molar-refractivity contribution in [1.82, 2.24) is 19.9 Å². The van der Waals surface area contributed by atoms with Crippen molar-refractivity contribution in [3.8, 4) is 22.5 Å². The first-order chi connectivity index (χ1) is 18.2. The molecule has 0 saturated carbocycles. The van der Waals surface area contributed by atoms with Crippen LogP contribution in [0.1, 0.15) is 5.69 Å². The molecule has 0 spiro atoms. The Bertz CT molecular complexity index is 1770. The Labute approximate surface area is 217 Å². The minimum Gasteiger partial charge on any atom is -0.364 e. The third-order valence-electron chi connectivity index (χ3n) is 5.43. The van der Waals surface area contributed by atoms with Crippen LogP contribution in [0.3, 0.4) is 0 Å². The molecule has 0 bridgehead atoms. The summed E-state index contributed by atoms with van der Waals surface area (Å²) in [5.41, 5.74) is 3.41. The van der Waals surface area contributed by atoms with Gasteiger partial charge < -0.3 is 15.1 Å². The number of rotatable bonds is 8. The Balaban J connectivity index is 1.65. The second-order valence-electron chi connectivity index (χ2n) is 8.06. The van der Waals surface area contributed by atoms with Crippen LogP contribution in [0.4, 0.5) is 5.82 Å². The highest BCUT2D eigenvalue weighted by Gasteiger charge is 2.28. The first-order valence-corrected chi connectivity index (χ1v) is 14.1. The second-order valence-corrected chi connectivity index (χ2v) is 11.0. The van der Waals surface area contributed by atoms with Gasteiger partial charge in [0.25, 0.3) is 0 Å². The van der Waals surface area contributed by atoms with Crippen molar-refractivity contribution in [1.29, 1.82) is 0 Å². The number of hydrogen-bond donors (Lipinski definition) is 3. The second kappa shape index (κ2) is 10.4. The third kappa shape index (κ3) is 5.75. The van der Waals surface area contributed by atoms with Crippen molar-refractivity contribution < 1.29 is 26.7 Å². The Morgan fingerprint density at radius 2 is 1.68 bits per heavy atom. The molecule has 0 fully saturated rings. The summed E-state index contributed by atoms with van der Waals surface area (Å²) >= 11 is 0. The maximum Gasteiger partial charge on any atom is 0.484 e. The molecule has 38 heavy (non-hydrogen) atoms. The maximum absolute atomic E-state index is 12.4. The van der Waals surface area contributed by atoms with Crippen LogP contribution in [0.2, 0.25) is 0 Å². The molecule has 0 unspecified atom stereocenters. The topological polar surface area (TPSA) is 164 Å². The van der Waals surface area contributed by atoms with E-state index in [2.05, 4.69) is 24.2 Å². The molecular formula is C25H20N5O6PS. The van der Waals surface area contributed by atoms with Gasteiger partial charge in [-0.15, -0.1) is 0 Å². The minimum atomic E-state index is -5.32. The molecule has 2 aromatic carbocycles. The van der Waals surface area contributed by atoms with Gasteiger partial charge in [-0.1, -0.05) is 48.5 Å². The van der Waals surface area contributed by atoms with Crippen molar-refractivity contribution in [3.05, 3.63) is 97.1 Å². The summed E-state index contributed by atoms with van der Waals surface area (Å²) < 4.78 is 39.8. The lowest BCUT2D eigenvalue weighted by atomic mass is 10.0. The first-order valence-electron chi connectivity index (χ1n) is 11.2. The van der Waals surface area contributed by atoms with E-state index in [9.17, 15) is 13.0 Å². The van der Waals surface area contributed by atoms with E-state index in [4.69, 9.17) is 14.8 Å². The van der Waals surface area contributed by atoms with Crippen molar-refractivity contribution >= 4 is 34.7 Å². The monoisotopic (exact) mass is 549 g/mol. The lowest BCUT2D eigenvalue weighted by molar-refractivity contribution is 0.285. The van der Waals surface area contributed by atoms with E-state index >= 15 is 0 Å². The van der Waals surface area contributed by atoms with E-state index in [1.54, 1.807) is 6.20 Å². The molecule has 3 N–H and O–H groups in total. The van der Waals surface area contributed by atoms with Crippen molar-refractivity contribution in [2.45, 2.75) is 11.4 Å². The molecule has 0 aliphatic heterocycles. The van der Waals surface area contributed by atoms with Crippen LogP contribution in [0.15, 0.2) is 96.3 Å². The Kier molecular flexibility index (Phi) is 6.98. The quantitative estimate of drug-likeness (QED) is 0.238. The molecule has 192 valence electrons. The molecule has 0 saturated heterocycles. The SMILES string of the molecule is O=P(O)(O)OS(=O)(=O)c1cncc(-c2nc(NCc3ccccn3)c3c(-c4ccccc4)cccc3n2)c1. The molecule has 0 aliphatic rings. The Morgan fingerprint density at radius 1 is 0.895 bits per heavy atom. The Hall–Kier alpha value is -4.06. The van der Waals surface area contributed by atoms with Crippen LogP contribution in [0, 0.1) is 0 Å². The van der Waals surface area contributed by atoms with Gasteiger partial charge in [-0.3, -0.25) is 9.97 Å². The van der Waals surface area contributed by atoms with Crippen LogP contribution < -0.4 is 5.32 Å². The lowest BCUT2D eigenvalue weighted by Gasteiger charge is -2.14. The molecule has 3 heterocycles. The largest absolute Gasteiger partial charge is 0.484 e. The van der Waals surface area contributed by atoms with Gasteiger partial charge in [0, 0.05) is 24.2 Å². The molecule has 0 aliphatic carbocycles. The van der Waals surface area contributed by atoms with Crippen LogP contribution in [-0.4, -0.2) is 38.1 Å². The standard InChI is InChI=1S/C25H20N5O6PS/c31-37(32,33)36-38(34,35)20-13-18(14-26-16-20)24-29-22-11-6-10-21(17-7-2-1-3-8-17)23(22)25(30-24)28-15-19-9-4-5-12-27-19/h1-14,16H,15H2,(H,28,29,30)(H2,31,32,33). The number of pyridine rings is 2. The summed E-state index contributed by atoms with van der Waals surface area (Å²) in [7, 11) is -10.1.